The summed E-state index contributed by atoms with van der Waals surface area (Å²) in [7, 11) is 0. The minimum Gasteiger partial charge on any atom is -0.398 e. The van der Waals surface area contributed by atoms with E-state index in [9.17, 15) is 0 Å². The van der Waals surface area contributed by atoms with Gasteiger partial charge in [-0.3, -0.25) is 4.90 Å². The lowest BCUT2D eigenvalue weighted by Gasteiger charge is -2.32. The molecule has 0 spiro atoms. The molecular weight excluding hydrogens is 304 g/mol. The van der Waals surface area contributed by atoms with Crippen molar-refractivity contribution in [3.8, 4) is 0 Å². The molecule has 1 atom stereocenters. The first-order valence-electron chi connectivity index (χ1n) is 7.07. The summed E-state index contributed by atoms with van der Waals surface area (Å²) in [5.41, 5.74) is 8.00. The molecule has 1 unspecified atom stereocenters. The van der Waals surface area contributed by atoms with Crippen LogP contribution in [-0.4, -0.2) is 30.7 Å². The number of anilines is 1. The zero-order chi connectivity index (χ0) is 13.7. The summed E-state index contributed by atoms with van der Waals surface area (Å²) in [5.74, 6) is 0. The average Bonchev–Trinajstić information content (AvgIpc) is 2.42. The number of ether oxygens (including phenoxy) is 1. The average molecular weight is 327 g/mol. The quantitative estimate of drug-likeness (QED) is 0.842. The topological polar surface area (TPSA) is 38.5 Å². The molecular formula is C15H23BrN2O. The van der Waals surface area contributed by atoms with Crippen LogP contribution in [0.3, 0.4) is 0 Å². The predicted molar refractivity (Wildman–Crippen MR) is 83.1 cm³/mol. The summed E-state index contributed by atoms with van der Waals surface area (Å²) in [6, 6.07) is 6.08. The van der Waals surface area contributed by atoms with Gasteiger partial charge in [-0.05, 0) is 53.4 Å². The van der Waals surface area contributed by atoms with Crippen LogP contribution in [0.5, 0.6) is 0 Å². The third kappa shape index (κ3) is 4.20. The maximum absolute atomic E-state index is 5.93. The van der Waals surface area contributed by atoms with Crippen LogP contribution in [-0.2, 0) is 11.3 Å². The highest BCUT2D eigenvalue weighted by atomic mass is 79.9. The number of rotatable bonds is 5. The molecule has 0 amide bonds. The van der Waals surface area contributed by atoms with Gasteiger partial charge in [0.1, 0.15) is 0 Å². The number of piperidine rings is 1. The summed E-state index contributed by atoms with van der Waals surface area (Å²) in [6.45, 7) is 6.15. The number of likely N-dealkylation sites (tertiary alicyclic amines) is 1. The number of nitrogens with zero attached hydrogens (tertiary/aromatic N) is 1. The van der Waals surface area contributed by atoms with E-state index in [1.165, 1.54) is 18.4 Å². The standard InChI is InChI=1S/C15H23BrN2O/c1-2-9-19-13-6-4-8-18(11-13)10-12-5-3-7-14(17)15(12)16/h3,5,7,13H,2,4,6,8-11,17H2,1H3. The van der Waals surface area contributed by atoms with Gasteiger partial charge in [0, 0.05) is 29.9 Å². The van der Waals surface area contributed by atoms with E-state index in [-0.39, 0.29) is 0 Å². The Morgan fingerprint density at radius 1 is 1.47 bits per heavy atom. The molecule has 1 saturated heterocycles. The molecule has 1 aromatic carbocycles. The summed E-state index contributed by atoms with van der Waals surface area (Å²) in [4.78, 5) is 2.46. The lowest BCUT2D eigenvalue weighted by molar-refractivity contribution is -0.00227. The molecule has 1 heterocycles. The van der Waals surface area contributed by atoms with Crippen molar-refractivity contribution in [2.75, 3.05) is 25.4 Å². The zero-order valence-corrected chi connectivity index (χ0v) is 13.2. The second kappa shape index (κ2) is 7.27. The molecule has 0 aromatic heterocycles. The van der Waals surface area contributed by atoms with Gasteiger partial charge in [0.05, 0.1) is 6.10 Å². The van der Waals surface area contributed by atoms with E-state index in [4.69, 9.17) is 10.5 Å². The minimum absolute atomic E-state index is 0.397. The molecule has 2 rings (SSSR count). The van der Waals surface area contributed by atoms with Gasteiger partial charge in [0.15, 0.2) is 0 Å². The van der Waals surface area contributed by atoms with Crippen LogP contribution in [0, 0.1) is 0 Å². The lowest BCUT2D eigenvalue weighted by Crippen LogP contribution is -2.39. The summed E-state index contributed by atoms with van der Waals surface area (Å²) < 4.78 is 6.91. The first-order chi connectivity index (χ1) is 9.20. The van der Waals surface area contributed by atoms with Crippen molar-refractivity contribution in [3.05, 3.63) is 28.2 Å². The summed E-state index contributed by atoms with van der Waals surface area (Å²) >= 11 is 3.58. The van der Waals surface area contributed by atoms with E-state index < -0.39 is 0 Å². The Hall–Kier alpha value is -0.580. The third-order valence-corrected chi connectivity index (χ3v) is 4.49. The predicted octanol–water partition coefficient (Wildman–Crippen LogP) is 3.42. The van der Waals surface area contributed by atoms with E-state index in [0.29, 0.717) is 6.10 Å². The molecule has 1 aliphatic rings. The Balaban J connectivity index is 1.93. The van der Waals surface area contributed by atoms with E-state index >= 15 is 0 Å². The normalized spacial score (nSPS) is 20.6. The molecule has 0 bridgehead atoms. The highest BCUT2D eigenvalue weighted by Crippen LogP contribution is 2.26. The van der Waals surface area contributed by atoms with E-state index in [1.54, 1.807) is 0 Å². The van der Waals surface area contributed by atoms with Crippen LogP contribution in [0.25, 0.3) is 0 Å². The molecule has 1 aromatic rings. The Labute approximate surface area is 124 Å². The van der Waals surface area contributed by atoms with Gasteiger partial charge >= 0.3 is 0 Å². The van der Waals surface area contributed by atoms with Gasteiger partial charge in [-0.25, -0.2) is 0 Å². The summed E-state index contributed by atoms with van der Waals surface area (Å²) in [5, 5.41) is 0. The fourth-order valence-corrected chi connectivity index (χ4v) is 2.93. The zero-order valence-electron chi connectivity index (χ0n) is 11.6. The monoisotopic (exact) mass is 326 g/mol. The van der Waals surface area contributed by atoms with Crippen molar-refractivity contribution in [3.63, 3.8) is 0 Å². The highest BCUT2D eigenvalue weighted by molar-refractivity contribution is 9.10. The van der Waals surface area contributed by atoms with Crippen molar-refractivity contribution in [2.24, 2.45) is 0 Å². The first kappa shape index (κ1) is 14.8. The smallest absolute Gasteiger partial charge is 0.0702 e. The molecule has 0 radical (unpaired) electrons. The maximum atomic E-state index is 5.93. The van der Waals surface area contributed by atoms with Crippen LogP contribution in [0.1, 0.15) is 31.7 Å². The number of nitrogen functional groups attached to an aromatic ring is 1. The highest BCUT2D eigenvalue weighted by Gasteiger charge is 2.20. The molecule has 1 fully saturated rings. The first-order valence-corrected chi connectivity index (χ1v) is 7.86. The Morgan fingerprint density at radius 2 is 2.32 bits per heavy atom. The van der Waals surface area contributed by atoms with Crippen LogP contribution in [0.4, 0.5) is 5.69 Å². The molecule has 0 aliphatic carbocycles. The number of hydrogen-bond acceptors (Lipinski definition) is 3. The van der Waals surface area contributed by atoms with Gasteiger partial charge in [0.25, 0.3) is 0 Å². The Bertz CT molecular complexity index is 411. The molecule has 1 aliphatic heterocycles. The van der Waals surface area contributed by atoms with Gasteiger partial charge in [-0.15, -0.1) is 0 Å². The molecule has 106 valence electrons. The van der Waals surface area contributed by atoms with Crippen LogP contribution in [0.2, 0.25) is 0 Å². The fourth-order valence-electron chi connectivity index (χ4n) is 2.54. The second-order valence-electron chi connectivity index (χ2n) is 5.19. The number of hydrogen-bond donors (Lipinski definition) is 1. The minimum atomic E-state index is 0.397. The molecule has 3 nitrogen and oxygen atoms in total. The van der Waals surface area contributed by atoms with E-state index in [0.717, 1.165) is 42.8 Å². The SMILES string of the molecule is CCCOC1CCCN(Cc2cccc(N)c2Br)C1. The number of benzene rings is 1. The van der Waals surface area contributed by atoms with Crippen LogP contribution < -0.4 is 5.73 Å². The molecule has 4 heteroatoms. The van der Waals surface area contributed by atoms with Crippen molar-refractivity contribution in [1.82, 2.24) is 4.90 Å². The Morgan fingerprint density at radius 3 is 3.11 bits per heavy atom. The fraction of sp³-hybridized carbons (Fsp3) is 0.600. The van der Waals surface area contributed by atoms with Gasteiger partial charge < -0.3 is 10.5 Å². The van der Waals surface area contributed by atoms with Gasteiger partial charge in [-0.1, -0.05) is 19.1 Å². The third-order valence-electron chi connectivity index (χ3n) is 3.52. The maximum Gasteiger partial charge on any atom is 0.0702 e. The second-order valence-corrected chi connectivity index (χ2v) is 5.98. The van der Waals surface area contributed by atoms with E-state index in [2.05, 4.69) is 33.8 Å². The number of nitrogens with two attached hydrogens (primary N) is 1. The Kier molecular flexibility index (Phi) is 5.67. The van der Waals surface area contributed by atoms with Gasteiger partial charge in [0.2, 0.25) is 0 Å². The van der Waals surface area contributed by atoms with Crippen molar-refractivity contribution in [2.45, 2.75) is 38.8 Å². The van der Waals surface area contributed by atoms with Crippen molar-refractivity contribution >= 4 is 21.6 Å². The van der Waals surface area contributed by atoms with Crippen LogP contribution >= 0.6 is 15.9 Å². The molecule has 0 saturated carbocycles. The van der Waals surface area contributed by atoms with Crippen molar-refractivity contribution in [1.29, 1.82) is 0 Å². The molecule has 2 N–H and O–H groups in total. The van der Waals surface area contributed by atoms with Gasteiger partial charge in [-0.2, -0.15) is 0 Å². The molecule has 19 heavy (non-hydrogen) atoms. The van der Waals surface area contributed by atoms with E-state index in [1.807, 2.05) is 12.1 Å². The summed E-state index contributed by atoms with van der Waals surface area (Å²) in [6.07, 6.45) is 3.90. The lowest BCUT2D eigenvalue weighted by atomic mass is 10.1. The largest absolute Gasteiger partial charge is 0.398 e. The van der Waals surface area contributed by atoms with Crippen molar-refractivity contribution < 1.29 is 4.74 Å². The number of halogens is 1. The van der Waals surface area contributed by atoms with Crippen LogP contribution in [0.15, 0.2) is 22.7 Å².